The number of hydrogen-bond donors (Lipinski definition) is 3. The second-order valence-electron chi connectivity index (χ2n) is 11.1. The molecule has 0 spiro atoms. The summed E-state index contributed by atoms with van der Waals surface area (Å²) in [6.07, 6.45) is 0. The maximum Gasteiger partial charge on any atom is 0.317 e. The van der Waals surface area contributed by atoms with Crippen LogP contribution in [0.1, 0.15) is 58.2 Å². The highest BCUT2D eigenvalue weighted by molar-refractivity contribution is 7.80. The molecule has 0 saturated carbocycles. The first kappa shape index (κ1) is 27.6. The molecule has 186 valence electrons. The summed E-state index contributed by atoms with van der Waals surface area (Å²) in [5.41, 5.74) is 3.60. The van der Waals surface area contributed by atoms with Crippen LogP contribution in [-0.2, 0) is 27.0 Å². The molecule has 33 heavy (non-hydrogen) atoms. The van der Waals surface area contributed by atoms with E-state index in [2.05, 4.69) is 58.6 Å². The highest BCUT2D eigenvalue weighted by Gasteiger charge is 2.25. The van der Waals surface area contributed by atoms with Gasteiger partial charge in [0.1, 0.15) is 0 Å². The van der Waals surface area contributed by atoms with Crippen molar-refractivity contribution < 1.29 is 19.8 Å². The fourth-order valence-electron chi connectivity index (χ4n) is 4.10. The first-order valence-corrected chi connectivity index (χ1v) is 12.1. The Morgan fingerprint density at radius 3 is 1.58 bits per heavy atom. The highest BCUT2D eigenvalue weighted by atomic mass is 32.1. The van der Waals surface area contributed by atoms with E-state index in [1.807, 2.05) is 9.80 Å². The van der Waals surface area contributed by atoms with Crippen molar-refractivity contribution in [3.63, 3.8) is 0 Å². The maximum absolute atomic E-state index is 11.3. The van der Waals surface area contributed by atoms with E-state index in [0.29, 0.717) is 45.8 Å². The van der Waals surface area contributed by atoms with Gasteiger partial charge in [-0.2, -0.15) is 0 Å². The zero-order valence-electron chi connectivity index (χ0n) is 21.0. The van der Waals surface area contributed by atoms with Gasteiger partial charge in [-0.1, -0.05) is 53.7 Å². The fourth-order valence-corrected chi connectivity index (χ4v) is 4.64. The average Bonchev–Trinajstić information content (AvgIpc) is 2.73. The Morgan fingerprint density at radius 2 is 1.21 bits per heavy atom. The van der Waals surface area contributed by atoms with Gasteiger partial charge in [0.25, 0.3) is 0 Å². The largest absolute Gasteiger partial charge is 0.480 e. The molecule has 1 fully saturated rings. The molecule has 2 N–H and O–H groups in total. The first-order valence-electron chi connectivity index (χ1n) is 11.6. The molecule has 1 aromatic carbocycles. The summed E-state index contributed by atoms with van der Waals surface area (Å²) >= 11 is 4.94. The molecule has 1 aliphatic heterocycles. The Morgan fingerprint density at radius 1 is 0.788 bits per heavy atom. The number of aliphatic carboxylic acids is 2. The van der Waals surface area contributed by atoms with Crippen LogP contribution in [0.3, 0.4) is 0 Å². The molecule has 0 amide bonds. The number of hydrogen-bond acceptors (Lipinski definition) is 6. The van der Waals surface area contributed by atoms with E-state index >= 15 is 0 Å². The Kier molecular flexibility index (Phi) is 9.39. The minimum absolute atomic E-state index is 0.000544. The van der Waals surface area contributed by atoms with Gasteiger partial charge in [-0.3, -0.25) is 24.3 Å². The van der Waals surface area contributed by atoms with Gasteiger partial charge in [0.15, 0.2) is 0 Å². The normalized spacial score (nSPS) is 17.9. The zero-order chi connectivity index (χ0) is 25.0. The second kappa shape index (κ2) is 11.2. The van der Waals surface area contributed by atoms with Gasteiger partial charge in [-0.05, 0) is 27.5 Å². The number of benzene rings is 1. The molecular weight excluding hydrogens is 438 g/mol. The van der Waals surface area contributed by atoms with Crippen molar-refractivity contribution in [3.05, 3.63) is 28.8 Å². The van der Waals surface area contributed by atoms with Gasteiger partial charge in [0, 0.05) is 50.7 Å². The Labute approximate surface area is 204 Å². The van der Waals surface area contributed by atoms with Crippen molar-refractivity contribution in [1.29, 1.82) is 0 Å². The molecule has 1 aliphatic rings. The standard InChI is InChI=1S/C25H41N3O4S/c1-24(2,3)19-13-18(23(33)20(14-19)25(4,5)6)15-26-7-9-27(16-21(29)30)11-12-28(10-8-26)17-22(31)32/h13-14,33H,7-12,15-17H2,1-6H3,(H,29,30)(H,31,32). The van der Waals surface area contributed by atoms with Crippen molar-refractivity contribution in [2.24, 2.45) is 0 Å². The van der Waals surface area contributed by atoms with E-state index in [1.165, 1.54) is 11.1 Å². The summed E-state index contributed by atoms with van der Waals surface area (Å²) < 4.78 is 0. The molecule has 0 bridgehead atoms. The van der Waals surface area contributed by atoms with Crippen LogP contribution in [0.25, 0.3) is 0 Å². The van der Waals surface area contributed by atoms with Crippen LogP contribution in [0, 0.1) is 0 Å². The third-order valence-corrected chi connectivity index (χ3v) is 6.70. The molecule has 1 saturated heterocycles. The van der Waals surface area contributed by atoms with Crippen molar-refractivity contribution in [2.75, 3.05) is 52.4 Å². The molecule has 1 aromatic rings. The molecule has 7 nitrogen and oxygen atoms in total. The fraction of sp³-hybridized carbons (Fsp3) is 0.680. The summed E-state index contributed by atoms with van der Waals surface area (Å²) in [5.74, 6) is -1.73. The number of thiol groups is 1. The van der Waals surface area contributed by atoms with Crippen LogP contribution in [0.4, 0.5) is 0 Å². The minimum Gasteiger partial charge on any atom is -0.480 e. The molecule has 0 radical (unpaired) electrons. The minimum atomic E-state index is -0.865. The van der Waals surface area contributed by atoms with Crippen molar-refractivity contribution in [2.45, 2.75) is 63.8 Å². The molecule has 2 rings (SSSR count). The molecule has 0 atom stereocenters. The number of carboxylic acid groups (broad SMARTS) is 2. The van der Waals surface area contributed by atoms with Crippen molar-refractivity contribution >= 4 is 24.6 Å². The summed E-state index contributed by atoms with van der Waals surface area (Å²) in [6, 6.07) is 4.52. The van der Waals surface area contributed by atoms with Gasteiger partial charge in [-0.15, -0.1) is 12.6 Å². The van der Waals surface area contributed by atoms with E-state index < -0.39 is 11.9 Å². The van der Waals surface area contributed by atoms with Gasteiger partial charge < -0.3 is 10.2 Å². The lowest BCUT2D eigenvalue weighted by Gasteiger charge is -2.31. The average molecular weight is 480 g/mol. The van der Waals surface area contributed by atoms with E-state index in [9.17, 15) is 19.8 Å². The van der Waals surface area contributed by atoms with E-state index in [-0.39, 0.29) is 23.9 Å². The van der Waals surface area contributed by atoms with Crippen molar-refractivity contribution in [3.8, 4) is 0 Å². The zero-order valence-corrected chi connectivity index (χ0v) is 21.9. The van der Waals surface area contributed by atoms with E-state index in [4.69, 9.17) is 12.6 Å². The molecular formula is C25H41N3O4S. The topological polar surface area (TPSA) is 84.3 Å². The molecule has 0 aliphatic carbocycles. The third kappa shape index (κ3) is 8.59. The Balaban J connectivity index is 2.35. The maximum atomic E-state index is 11.3. The van der Waals surface area contributed by atoms with Crippen LogP contribution in [0.15, 0.2) is 17.0 Å². The monoisotopic (exact) mass is 479 g/mol. The van der Waals surface area contributed by atoms with Gasteiger partial charge >= 0.3 is 11.9 Å². The van der Waals surface area contributed by atoms with Crippen LogP contribution >= 0.6 is 12.6 Å². The second-order valence-corrected chi connectivity index (χ2v) is 11.6. The van der Waals surface area contributed by atoms with E-state index in [1.54, 1.807) is 0 Å². The first-order chi connectivity index (χ1) is 15.2. The Hall–Kier alpha value is -1.61. The number of carbonyl (C=O) groups is 2. The summed E-state index contributed by atoms with van der Waals surface area (Å²) in [5, 5.41) is 18.6. The number of nitrogens with zero attached hydrogens (tertiary/aromatic N) is 3. The Bertz CT molecular complexity index is 817. The van der Waals surface area contributed by atoms with Crippen LogP contribution < -0.4 is 0 Å². The number of rotatable bonds is 6. The van der Waals surface area contributed by atoms with Crippen LogP contribution in [0.5, 0.6) is 0 Å². The van der Waals surface area contributed by atoms with Crippen molar-refractivity contribution in [1.82, 2.24) is 14.7 Å². The van der Waals surface area contributed by atoms with Gasteiger partial charge in [0.2, 0.25) is 0 Å². The quantitative estimate of drug-likeness (QED) is 0.541. The lowest BCUT2D eigenvalue weighted by Crippen LogP contribution is -2.40. The van der Waals surface area contributed by atoms with Crippen LogP contribution in [0.2, 0.25) is 0 Å². The smallest absolute Gasteiger partial charge is 0.317 e. The molecule has 8 heteroatoms. The third-order valence-electron chi connectivity index (χ3n) is 6.17. The highest BCUT2D eigenvalue weighted by Crippen LogP contribution is 2.36. The van der Waals surface area contributed by atoms with E-state index in [0.717, 1.165) is 10.5 Å². The van der Waals surface area contributed by atoms with Crippen LogP contribution in [-0.4, -0.2) is 89.2 Å². The van der Waals surface area contributed by atoms with Gasteiger partial charge in [0.05, 0.1) is 13.1 Å². The predicted octanol–water partition coefficient (Wildman–Crippen LogP) is 3.16. The molecule has 0 unspecified atom stereocenters. The SMILES string of the molecule is CC(C)(C)c1cc(CN2CCN(CC(=O)O)CCN(CC(=O)O)CC2)c(S)c(C(C)(C)C)c1. The summed E-state index contributed by atoms with van der Waals surface area (Å²) in [7, 11) is 0. The molecule has 0 aromatic heterocycles. The number of carboxylic acids is 2. The lowest BCUT2D eigenvalue weighted by molar-refractivity contribution is -0.140. The molecule has 1 heterocycles. The lowest BCUT2D eigenvalue weighted by atomic mass is 9.79. The van der Waals surface area contributed by atoms with Gasteiger partial charge in [-0.25, -0.2) is 0 Å². The predicted molar refractivity (Wildman–Crippen MR) is 135 cm³/mol. The summed E-state index contributed by atoms with van der Waals surface area (Å²) in [4.78, 5) is 29.7. The summed E-state index contributed by atoms with van der Waals surface area (Å²) in [6.45, 7) is 17.6.